The van der Waals surface area contributed by atoms with Gasteiger partial charge in [0.2, 0.25) is 5.95 Å². The van der Waals surface area contributed by atoms with Gasteiger partial charge in [-0.3, -0.25) is 19.1 Å². The van der Waals surface area contributed by atoms with Crippen molar-refractivity contribution in [2.75, 3.05) is 12.3 Å². The molecule has 3 heterocycles. The number of rotatable bonds is 3. The summed E-state index contributed by atoms with van der Waals surface area (Å²) in [5, 5.41) is 18.8. The maximum atomic E-state index is 12.1. The Morgan fingerprint density at radius 3 is 3.00 bits per heavy atom. The van der Waals surface area contributed by atoms with Crippen LogP contribution < -0.4 is 16.2 Å². The van der Waals surface area contributed by atoms with Crippen LogP contribution in [0.25, 0.3) is 10.3 Å². The Bertz CT molecular complexity index is 781. The van der Waals surface area contributed by atoms with Gasteiger partial charge in [-0.25, -0.2) is 0 Å². The van der Waals surface area contributed by atoms with E-state index in [1.54, 1.807) is 0 Å². The first-order chi connectivity index (χ1) is 10.0. The molecule has 10 heteroatoms. The number of hydrogen-bond donors (Lipinski definition) is 4. The Balaban J connectivity index is 2.07. The van der Waals surface area contributed by atoms with E-state index in [1.807, 2.05) is 0 Å². The minimum atomic E-state index is -0.789. The second kappa shape index (κ2) is 5.22. The third kappa shape index (κ3) is 2.35. The van der Waals surface area contributed by atoms with Crippen LogP contribution in [0.15, 0.2) is 9.59 Å². The number of aliphatic hydroxyl groups excluding tert-OH is 2. The van der Waals surface area contributed by atoms with Gasteiger partial charge in [0.05, 0.1) is 12.2 Å². The average molecular weight is 314 g/mol. The second-order valence-electron chi connectivity index (χ2n) is 4.79. The van der Waals surface area contributed by atoms with E-state index in [1.165, 1.54) is 4.57 Å². The molecule has 1 saturated heterocycles. The van der Waals surface area contributed by atoms with Gasteiger partial charge in [0, 0.05) is 13.0 Å². The molecule has 0 bridgehead atoms. The standard InChI is InChI=1S/C11H14N4O5S/c12-10-13-8-7(9(18)14-10)21-11(19)15(8)6-3-4(17)5(20-6)1-2-16/h4-6,16-17H,1-3H2,(H3,12,13,14,18)/t4-,5+,6+/m0/s1. The van der Waals surface area contributed by atoms with Crippen LogP contribution in [0.3, 0.4) is 0 Å². The zero-order valence-electron chi connectivity index (χ0n) is 10.9. The maximum Gasteiger partial charge on any atom is 0.311 e. The molecular formula is C11H14N4O5S. The average Bonchev–Trinajstić information content (AvgIpc) is 2.91. The summed E-state index contributed by atoms with van der Waals surface area (Å²) in [6, 6.07) is 0. The predicted octanol–water partition coefficient (Wildman–Crippen LogP) is -1.24. The molecule has 0 amide bonds. The van der Waals surface area contributed by atoms with Gasteiger partial charge in [-0.2, -0.15) is 4.98 Å². The van der Waals surface area contributed by atoms with Gasteiger partial charge < -0.3 is 20.7 Å². The van der Waals surface area contributed by atoms with Crippen LogP contribution in [-0.4, -0.2) is 43.6 Å². The van der Waals surface area contributed by atoms with Gasteiger partial charge in [0.1, 0.15) is 10.9 Å². The lowest BCUT2D eigenvalue weighted by atomic mass is 10.1. The lowest BCUT2D eigenvalue weighted by Crippen LogP contribution is -2.22. The number of fused-ring (bicyclic) bond motifs is 1. The number of thiazole rings is 1. The highest BCUT2D eigenvalue weighted by Crippen LogP contribution is 2.31. The Labute approximate surface area is 121 Å². The fourth-order valence-corrected chi connectivity index (χ4v) is 3.32. The normalized spacial score (nSPS) is 25.7. The van der Waals surface area contributed by atoms with E-state index in [4.69, 9.17) is 15.6 Å². The van der Waals surface area contributed by atoms with Crippen molar-refractivity contribution >= 4 is 27.6 Å². The second-order valence-corrected chi connectivity index (χ2v) is 5.75. The van der Waals surface area contributed by atoms with E-state index < -0.39 is 28.9 Å². The number of ether oxygens (including phenoxy) is 1. The molecule has 114 valence electrons. The zero-order valence-corrected chi connectivity index (χ0v) is 11.7. The third-order valence-electron chi connectivity index (χ3n) is 3.40. The summed E-state index contributed by atoms with van der Waals surface area (Å²) in [6.07, 6.45) is -1.62. The Morgan fingerprint density at radius 2 is 2.29 bits per heavy atom. The van der Waals surface area contributed by atoms with Crippen LogP contribution in [0, 0.1) is 0 Å². The highest BCUT2D eigenvalue weighted by molar-refractivity contribution is 7.16. The molecule has 0 aliphatic carbocycles. The van der Waals surface area contributed by atoms with E-state index in [2.05, 4.69) is 9.97 Å². The topological polar surface area (TPSA) is 143 Å². The van der Waals surface area contributed by atoms with Gasteiger partial charge in [0.25, 0.3) is 5.56 Å². The maximum absolute atomic E-state index is 12.1. The van der Waals surface area contributed by atoms with Crippen LogP contribution in [0.1, 0.15) is 19.1 Å². The van der Waals surface area contributed by atoms with Crippen LogP contribution >= 0.6 is 11.3 Å². The molecule has 0 unspecified atom stereocenters. The number of nitrogens with two attached hydrogens (primary N) is 1. The molecule has 21 heavy (non-hydrogen) atoms. The fourth-order valence-electron chi connectivity index (χ4n) is 2.46. The van der Waals surface area contributed by atoms with Gasteiger partial charge in [-0.1, -0.05) is 11.3 Å². The summed E-state index contributed by atoms with van der Waals surface area (Å²) in [7, 11) is 0. The van der Waals surface area contributed by atoms with Crippen LogP contribution in [-0.2, 0) is 4.74 Å². The van der Waals surface area contributed by atoms with E-state index in [0.29, 0.717) is 0 Å². The first kappa shape index (κ1) is 14.2. The Morgan fingerprint density at radius 1 is 1.52 bits per heavy atom. The van der Waals surface area contributed by atoms with E-state index >= 15 is 0 Å². The summed E-state index contributed by atoms with van der Waals surface area (Å²) in [5.74, 6) is -0.0931. The van der Waals surface area contributed by atoms with Gasteiger partial charge in [0.15, 0.2) is 5.65 Å². The summed E-state index contributed by atoms with van der Waals surface area (Å²) >= 11 is 0.751. The quantitative estimate of drug-likeness (QED) is 0.554. The van der Waals surface area contributed by atoms with Crippen LogP contribution in [0.2, 0.25) is 0 Å². The van der Waals surface area contributed by atoms with Gasteiger partial charge in [-0.15, -0.1) is 0 Å². The highest BCUT2D eigenvalue weighted by atomic mass is 32.1. The summed E-state index contributed by atoms with van der Waals surface area (Å²) in [6.45, 7) is -0.126. The lowest BCUT2D eigenvalue weighted by Gasteiger charge is -2.14. The van der Waals surface area contributed by atoms with Crippen molar-refractivity contribution < 1.29 is 14.9 Å². The van der Waals surface area contributed by atoms with Gasteiger partial charge >= 0.3 is 4.87 Å². The largest absolute Gasteiger partial charge is 0.396 e. The molecule has 1 aliphatic rings. The molecule has 0 aromatic carbocycles. The Hall–Kier alpha value is -1.75. The number of nitrogen functional groups attached to an aromatic ring is 1. The molecular weight excluding hydrogens is 300 g/mol. The first-order valence-electron chi connectivity index (χ1n) is 6.36. The number of nitrogens with one attached hydrogen (secondary N) is 1. The van der Waals surface area contributed by atoms with Crippen molar-refractivity contribution in [2.24, 2.45) is 0 Å². The van der Waals surface area contributed by atoms with Gasteiger partial charge in [-0.05, 0) is 6.42 Å². The third-order valence-corrected chi connectivity index (χ3v) is 4.34. The van der Waals surface area contributed by atoms with Crippen molar-refractivity contribution in [1.29, 1.82) is 0 Å². The molecule has 0 radical (unpaired) electrons. The molecule has 1 aliphatic heterocycles. The molecule has 1 fully saturated rings. The first-order valence-corrected chi connectivity index (χ1v) is 7.18. The number of aromatic amines is 1. The van der Waals surface area contributed by atoms with Crippen molar-refractivity contribution in [3.8, 4) is 0 Å². The molecule has 2 aromatic rings. The van der Waals surface area contributed by atoms with Crippen molar-refractivity contribution in [1.82, 2.24) is 14.5 Å². The number of hydrogen-bond acceptors (Lipinski definition) is 8. The molecule has 0 saturated carbocycles. The van der Waals surface area contributed by atoms with E-state index in [9.17, 15) is 14.7 Å². The van der Waals surface area contributed by atoms with Crippen LogP contribution in [0.5, 0.6) is 0 Å². The smallest absolute Gasteiger partial charge is 0.311 e. The minimum Gasteiger partial charge on any atom is -0.396 e. The number of nitrogens with zero attached hydrogens (tertiary/aromatic N) is 2. The number of H-pyrrole nitrogens is 1. The number of aliphatic hydroxyl groups is 2. The molecule has 0 spiro atoms. The Kier molecular flexibility index (Phi) is 3.53. The molecule has 3 atom stereocenters. The monoisotopic (exact) mass is 314 g/mol. The summed E-state index contributed by atoms with van der Waals surface area (Å²) < 4.78 is 6.99. The van der Waals surface area contributed by atoms with Crippen molar-refractivity contribution in [3.63, 3.8) is 0 Å². The minimum absolute atomic E-state index is 0.0931. The molecule has 5 N–H and O–H groups in total. The molecule has 2 aromatic heterocycles. The van der Waals surface area contributed by atoms with Crippen LogP contribution in [0.4, 0.5) is 5.95 Å². The summed E-state index contributed by atoms with van der Waals surface area (Å²) in [5.41, 5.74) is 5.17. The molecule has 9 nitrogen and oxygen atoms in total. The predicted molar refractivity (Wildman–Crippen MR) is 75.1 cm³/mol. The SMILES string of the molecule is Nc1nc2c(sc(=O)n2[C@H]2C[C@H](O)[C@@H](CCO)O2)c(=O)[nH]1. The highest BCUT2D eigenvalue weighted by Gasteiger charge is 2.36. The fraction of sp³-hybridized carbons (Fsp3) is 0.545. The van der Waals surface area contributed by atoms with E-state index in [-0.39, 0.29) is 35.7 Å². The zero-order chi connectivity index (χ0) is 15.1. The van der Waals surface area contributed by atoms with Crippen molar-refractivity contribution in [2.45, 2.75) is 31.3 Å². The lowest BCUT2D eigenvalue weighted by molar-refractivity contribution is -0.0281. The van der Waals surface area contributed by atoms with Crippen molar-refractivity contribution in [3.05, 3.63) is 20.0 Å². The molecule has 3 rings (SSSR count). The van der Waals surface area contributed by atoms with E-state index in [0.717, 1.165) is 11.3 Å². The number of anilines is 1. The number of aromatic nitrogens is 3. The summed E-state index contributed by atoms with van der Waals surface area (Å²) in [4.78, 5) is 29.8.